The third-order valence-corrected chi connectivity index (χ3v) is 3.63. The number of hydrogen-bond acceptors (Lipinski definition) is 3. The Balaban J connectivity index is 1.81. The molecule has 1 amide bonds. The lowest BCUT2D eigenvalue weighted by atomic mass is 10.1. The van der Waals surface area contributed by atoms with Crippen LogP contribution in [0.15, 0.2) is 18.2 Å². The summed E-state index contributed by atoms with van der Waals surface area (Å²) in [7, 11) is 0. The van der Waals surface area contributed by atoms with E-state index in [-0.39, 0.29) is 11.7 Å². The van der Waals surface area contributed by atoms with Crippen molar-refractivity contribution in [1.29, 1.82) is 0 Å². The number of aromatic hydroxyl groups is 1. The van der Waals surface area contributed by atoms with Crippen molar-refractivity contribution in [2.75, 3.05) is 19.6 Å². The summed E-state index contributed by atoms with van der Waals surface area (Å²) in [5.41, 5.74) is 1.29. The highest BCUT2D eigenvalue weighted by Gasteiger charge is 2.27. The molecule has 0 aliphatic heterocycles. The molecule has 1 aliphatic rings. The van der Waals surface area contributed by atoms with Crippen LogP contribution in [-0.2, 0) is 0 Å². The minimum absolute atomic E-state index is 0.123. The Bertz CT molecular complexity index is 455. The van der Waals surface area contributed by atoms with E-state index in [1.807, 2.05) is 6.92 Å². The van der Waals surface area contributed by atoms with E-state index in [1.54, 1.807) is 12.1 Å². The largest absolute Gasteiger partial charge is 0.508 e. The van der Waals surface area contributed by atoms with E-state index >= 15 is 0 Å². The van der Waals surface area contributed by atoms with Gasteiger partial charge in [-0.25, -0.2) is 0 Å². The molecule has 4 nitrogen and oxygen atoms in total. The molecule has 19 heavy (non-hydrogen) atoms. The highest BCUT2D eigenvalue weighted by molar-refractivity contribution is 5.94. The van der Waals surface area contributed by atoms with Gasteiger partial charge in [0.25, 0.3) is 5.91 Å². The first kappa shape index (κ1) is 13.9. The average molecular weight is 262 g/mol. The number of carbonyl (C=O) groups is 1. The first-order valence-electron chi connectivity index (χ1n) is 6.93. The van der Waals surface area contributed by atoms with Gasteiger partial charge in [0.1, 0.15) is 5.75 Å². The van der Waals surface area contributed by atoms with Gasteiger partial charge in [-0.15, -0.1) is 0 Å². The molecule has 1 aromatic carbocycles. The predicted molar refractivity (Wildman–Crippen MR) is 75.4 cm³/mol. The van der Waals surface area contributed by atoms with Gasteiger partial charge < -0.3 is 10.4 Å². The number of benzene rings is 1. The summed E-state index contributed by atoms with van der Waals surface area (Å²) >= 11 is 0. The highest BCUT2D eigenvalue weighted by atomic mass is 16.3. The van der Waals surface area contributed by atoms with Crippen molar-refractivity contribution >= 4 is 5.91 Å². The second kappa shape index (κ2) is 6.06. The summed E-state index contributed by atoms with van der Waals surface area (Å²) in [5.74, 6) is 0.0444. The van der Waals surface area contributed by atoms with Crippen LogP contribution in [0.3, 0.4) is 0 Å². The van der Waals surface area contributed by atoms with E-state index in [0.717, 1.165) is 24.7 Å². The molecule has 0 heterocycles. The third kappa shape index (κ3) is 3.70. The zero-order valence-electron chi connectivity index (χ0n) is 11.6. The zero-order chi connectivity index (χ0) is 13.8. The molecule has 0 unspecified atom stereocenters. The maximum atomic E-state index is 11.9. The summed E-state index contributed by atoms with van der Waals surface area (Å²) < 4.78 is 0. The smallest absolute Gasteiger partial charge is 0.251 e. The molecular weight excluding hydrogens is 240 g/mol. The summed E-state index contributed by atoms with van der Waals surface area (Å²) in [6, 6.07) is 5.74. The van der Waals surface area contributed by atoms with Crippen LogP contribution in [0.5, 0.6) is 5.75 Å². The number of rotatable bonds is 6. The zero-order valence-corrected chi connectivity index (χ0v) is 11.6. The molecule has 1 aliphatic carbocycles. The van der Waals surface area contributed by atoms with E-state index < -0.39 is 0 Å². The molecule has 0 atom stereocenters. The fourth-order valence-electron chi connectivity index (χ4n) is 2.20. The van der Waals surface area contributed by atoms with Crippen molar-refractivity contribution in [1.82, 2.24) is 10.2 Å². The number of aryl methyl sites for hydroxylation is 1. The van der Waals surface area contributed by atoms with Crippen LogP contribution >= 0.6 is 0 Å². The number of likely N-dealkylation sites (N-methyl/N-ethyl adjacent to an activating group) is 1. The second-order valence-electron chi connectivity index (χ2n) is 5.12. The van der Waals surface area contributed by atoms with Crippen molar-refractivity contribution in [3.05, 3.63) is 29.3 Å². The van der Waals surface area contributed by atoms with Crippen LogP contribution in [-0.4, -0.2) is 41.6 Å². The quantitative estimate of drug-likeness (QED) is 0.823. The lowest BCUT2D eigenvalue weighted by molar-refractivity contribution is 0.0947. The topological polar surface area (TPSA) is 52.6 Å². The second-order valence-corrected chi connectivity index (χ2v) is 5.12. The maximum absolute atomic E-state index is 11.9. The molecule has 1 fully saturated rings. The molecule has 0 aromatic heterocycles. The lowest BCUT2D eigenvalue weighted by Gasteiger charge is -2.19. The number of nitrogens with one attached hydrogen (secondary N) is 1. The van der Waals surface area contributed by atoms with Crippen LogP contribution in [0.2, 0.25) is 0 Å². The number of hydrogen-bond donors (Lipinski definition) is 2. The minimum Gasteiger partial charge on any atom is -0.508 e. The molecule has 4 heteroatoms. The van der Waals surface area contributed by atoms with Gasteiger partial charge in [0, 0.05) is 24.7 Å². The maximum Gasteiger partial charge on any atom is 0.251 e. The Morgan fingerprint density at radius 2 is 2.21 bits per heavy atom. The van der Waals surface area contributed by atoms with Gasteiger partial charge in [0.2, 0.25) is 0 Å². The predicted octanol–water partition coefficient (Wildman–Crippen LogP) is 1.91. The number of phenolic OH excluding ortho intramolecular Hbond substituents is 1. The van der Waals surface area contributed by atoms with Gasteiger partial charge >= 0.3 is 0 Å². The average Bonchev–Trinajstić information content (AvgIpc) is 3.22. The molecule has 1 aromatic rings. The van der Waals surface area contributed by atoms with E-state index in [0.29, 0.717) is 12.1 Å². The van der Waals surface area contributed by atoms with Gasteiger partial charge in [-0.05, 0) is 44.0 Å². The number of phenols is 1. The molecule has 0 radical (unpaired) electrons. The van der Waals surface area contributed by atoms with E-state index in [9.17, 15) is 9.90 Å². The normalized spacial score (nSPS) is 14.7. The Labute approximate surface area is 114 Å². The Morgan fingerprint density at radius 3 is 2.79 bits per heavy atom. The molecule has 0 bridgehead atoms. The molecule has 1 saturated carbocycles. The summed E-state index contributed by atoms with van der Waals surface area (Å²) in [4.78, 5) is 14.3. The molecule has 104 valence electrons. The van der Waals surface area contributed by atoms with Gasteiger partial charge in [-0.3, -0.25) is 9.69 Å². The first-order valence-corrected chi connectivity index (χ1v) is 6.93. The lowest BCUT2D eigenvalue weighted by Crippen LogP contribution is -2.36. The molecule has 0 spiro atoms. The van der Waals surface area contributed by atoms with Gasteiger partial charge in [-0.2, -0.15) is 0 Å². The number of nitrogens with zero attached hydrogens (tertiary/aromatic N) is 1. The number of amides is 1. The number of carbonyl (C=O) groups excluding carboxylic acids is 1. The molecule has 2 rings (SSSR count). The Hall–Kier alpha value is -1.55. The monoisotopic (exact) mass is 262 g/mol. The van der Waals surface area contributed by atoms with Gasteiger partial charge in [-0.1, -0.05) is 13.0 Å². The van der Waals surface area contributed by atoms with Gasteiger partial charge in [0.05, 0.1) is 0 Å². The van der Waals surface area contributed by atoms with Crippen molar-refractivity contribution in [3.63, 3.8) is 0 Å². The standard InChI is InChI=1S/C15H22N2O2/c1-3-17(13-6-7-13)9-8-16-15(19)12-5-4-11(2)14(18)10-12/h4-5,10,13,18H,3,6-9H2,1-2H3,(H,16,19). The molecular formula is C15H22N2O2. The van der Waals surface area contributed by atoms with E-state index in [1.165, 1.54) is 18.9 Å². The summed E-state index contributed by atoms with van der Waals surface area (Å²) in [6.07, 6.45) is 2.57. The Kier molecular flexibility index (Phi) is 4.43. The molecule has 2 N–H and O–H groups in total. The van der Waals surface area contributed by atoms with Crippen molar-refractivity contribution in [2.45, 2.75) is 32.7 Å². The SMILES string of the molecule is CCN(CCNC(=O)c1ccc(C)c(O)c1)C1CC1. The van der Waals surface area contributed by atoms with Crippen LogP contribution in [0.1, 0.15) is 35.7 Å². The fraction of sp³-hybridized carbons (Fsp3) is 0.533. The van der Waals surface area contributed by atoms with E-state index in [2.05, 4.69) is 17.1 Å². The van der Waals surface area contributed by atoms with Crippen molar-refractivity contribution < 1.29 is 9.90 Å². The van der Waals surface area contributed by atoms with Crippen LogP contribution in [0.4, 0.5) is 0 Å². The Morgan fingerprint density at radius 1 is 1.47 bits per heavy atom. The summed E-state index contributed by atoms with van der Waals surface area (Å²) in [5, 5.41) is 12.5. The van der Waals surface area contributed by atoms with Crippen molar-refractivity contribution in [3.8, 4) is 5.75 Å². The third-order valence-electron chi connectivity index (χ3n) is 3.63. The highest BCUT2D eigenvalue weighted by Crippen LogP contribution is 2.25. The van der Waals surface area contributed by atoms with E-state index in [4.69, 9.17) is 0 Å². The first-order chi connectivity index (χ1) is 9.11. The fourth-order valence-corrected chi connectivity index (χ4v) is 2.20. The van der Waals surface area contributed by atoms with Crippen LogP contribution < -0.4 is 5.32 Å². The van der Waals surface area contributed by atoms with Crippen LogP contribution in [0, 0.1) is 6.92 Å². The van der Waals surface area contributed by atoms with Crippen molar-refractivity contribution in [2.24, 2.45) is 0 Å². The van der Waals surface area contributed by atoms with Gasteiger partial charge in [0.15, 0.2) is 0 Å². The minimum atomic E-state index is -0.123. The summed E-state index contributed by atoms with van der Waals surface area (Å²) in [6.45, 7) is 6.54. The molecule has 0 saturated heterocycles. The van der Waals surface area contributed by atoms with Crippen LogP contribution in [0.25, 0.3) is 0 Å².